The van der Waals surface area contributed by atoms with Gasteiger partial charge in [0.25, 0.3) is 0 Å². The average molecular weight is 335 g/mol. The van der Waals surface area contributed by atoms with Crippen LogP contribution < -0.4 is 15.4 Å². The van der Waals surface area contributed by atoms with Crippen molar-refractivity contribution in [2.75, 3.05) is 7.11 Å². The van der Waals surface area contributed by atoms with Crippen molar-refractivity contribution in [2.45, 2.75) is 64.0 Å². The number of ether oxygens (including phenoxy) is 1. The normalized spacial score (nSPS) is 22.3. The number of nitrogens with zero attached hydrogens (tertiary/aromatic N) is 1. The lowest BCUT2D eigenvalue weighted by Gasteiger charge is -2.39. The lowest BCUT2D eigenvalue weighted by atomic mass is 9.70. The first-order valence-corrected chi connectivity index (χ1v) is 8.86. The Bertz CT molecular complexity index is 588. The molecular weight excluding hydrogens is 309 g/mol. The fraction of sp³-hybridized carbons (Fsp3) is 0.667. The third-order valence-electron chi connectivity index (χ3n) is 5.62. The lowest BCUT2D eigenvalue weighted by molar-refractivity contribution is 0.150. The van der Waals surface area contributed by atoms with Gasteiger partial charge in [-0.1, -0.05) is 25.7 Å². The zero-order valence-electron chi connectivity index (χ0n) is 14.2. The number of carbonyl (C=O) groups is 1. The molecule has 2 aliphatic carbocycles. The maximum absolute atomic E-state index is 14.1. The summed E-state index contributed by atoms with van der Waals surface area (Å²) in [5.41, 5.74) is 0.470. The molecule has 2 saturated carbocycles. The molecule has 0 bridgehead atoms. The minimum atomic E-state index is -0.523. The molecule has 24 heavy (non-hydrogen) atoms. The molecule has 0 aromatic carbocycles. The van der Waals surface area contributed by atoms with Gasteiger partial charge in [-0.15, -0.1) is 0 Å². The number of hydrogen-bond donors (Lipinski definition) is 2. The van der Waals surface area contributed by atoms with E-state index in [4.69, 9.17) is 4.74 Å². The van der Waals surface area contributed by atoms with E-state index in [2.05, 4.69) is 15.6 Å². The highest BCUT2D eigenvalue weighted by Gasteiger charge is 2.43. The Morgan fingerprint density at radius 1 is 1.33 bits per heavy atom. The number of halogens is 1. The van der Waals surface area contributed by atoms with Gasteiger partial charge >= 0.3 is 6.03 Å². The van der Waals surface area contributed by atoms with E-state index in [-0.39, 0.29) is 35.5 Å². The first kappa shape index (κ1) is 17.0. The highest BCUT2D eigenvalue weighted by Crippen LogP contribution is 2.49. The molecule has 1 aromatic rings. The molecule has 5 nitrogen and oxygen atoms in total. The van der Waals surface area contributed by atoms with E-state index in [0.717, 1.165) is 6.42 Å². The number of rotatable bonds is 4. The third-order valence-corrected chi connectivity index (χ3v) is 5.62. The van der Waals surface area contributed by atoms with Crippen LogP contribution in [0.4, 0.5) is 9.18 Å². The number of urea groups is 1. The van der Waals surface area contributed by atoms with E-state index in [0.29, 0.717) is 0 Å². The van der Waals surface area contributed by atoms with Crippen molar-refractivity contribution in [1.82, 2.24) is 15.6 Å². The maximum atomic E-state index is 14.1. The maximum Gasteiger partial charge on any atom is 0.315 e. The molecule has 2 aliphatic rings. The summed E-state index contributed by atoms with van der Waals surface area (Å²) in [7, 11) is 1.41. The Morgan fingerprint density at radius 3 is 2.83 bits per heavy atom. The molecule has 2 fully saturated rings. The Morgan fingerprint density at radius 2 is 2.08 bits per heavy atom. The van der Waals surface area contributed by atoms with Crippen LogP contribution in [-0.2, 0) is 6.54 Å². The molecule has 0 aliphatic heterocycles. The second-order valence-corrected chi connectivity index (χ2v) is 6.97. The predicted octanol–water partition coefficient (Wildman–Crippen LogP) is 3.53. The number of nitrogens with one attached hydrogen (secondary N) is 2. The third kappa shape index (κ3) is 3.47. The van der Waals surface area contributed by atoms with Gasteiger partial charge in [-0.2, -0.15) is 0 Å². The molecule has 1 aromatic heterocycles. The molecule has 3 rings (SSSR count). The van der Waals surface area contributed by atoms with Gasteiger partial charge in [-0.05, 0) is 31.1 Å². The SMILES string of the molecule is COc1ccnc(CNC(=O)N[C@H]2CCCC23CCCCC3)c1F. The number of aromatic nitrogens is 1. The first-order chi connectivity index (χ1) is 11.6. The predicted molar refractivity (Wildman–Crippen MR) is 89.3 cm³/mol. The molecule has 2 N–H and O–H groups in total. The molecule has 0 unspecified atom stereocenters. The summed E-state index contributed by atoms with van der Waals surface area (Å²) in [6, 6.07) is 1.46. The van der Waals surface area contributed by atoms with Crippen LogP contribution in [0, 0.1) is 11.2 Å². The molecule has 2 amide bonds. The Labute approximate surface area is 142 Å². The number of hydrogen-bond acceptors (Lipinski definition) is 3. The van der Waals surface area contributed by atoms with Gasteiger partial charge < -0.3 is 15.4 Å². The zero-order valence-corrected chi connectivity index (χ0v) is 14.2. The van der Waals surface area contributed by atoms with Crippen LogP contribution in [0.1, 0.15) is 57.1 Å². The second kappa shape index (κ2) is 7.36. The van der Waals surface area contributed by atoms with Crippen molar-refractivity contribution >= 4 is 6.03 Å². The fourth-order valence-electron chi connectivity index (χ4n) is 4.34. The minimum Gasteiger partial charge on any atom is -0.494 e. The van der Waals surface area contributed by atoms with Crippen molar-refractivity contribution in [2.24, 2.45) is 5.41 Å². The molecule has 6 heteroatoms. The molecule has 1 atom stereocenters. The van der Waals surface area contributed by atoms with Crippen LogP contribution in [0.15, 0.2) is 12.3 Å². The minimum absolute atomic E-state index is 0.0502. The number of pyridine rings is 1. The van der Waals surface area contributed by atoms with Crippen molar-refractivity contribution in [3.05, 3.63) is 23.8 Å². The molecular formula is C18H26FN3O2. The number of carbonyl (C=O) groups excluding carboxylic acids is 1. The van der Waals surface area contributed by atoms with Crippen molar-refractivity contribution in [3.8, 4) is 5.75 Å². The molecule has 1 heterocycles. The summed E-state index contributed by atoms with van der Waals surface area (Å²) in [5, 5.41) is 5.86. The Kier molecular flexibility index (Phi) is 5.21. The highest BCUT2D eigenvalue weighted by molar-refractivity contribution is 5.74. The van der Waals surface area contributed by atoms with Gasteiger partial charge in [-0.3, -0.25) is 4.98 Å². The summed E-state index contributed by atoms with van der Waals surface area (Å²) in [5.74, 6) is -0.385. The van der Waals surface area contributed by atoms with Gasteiger partial charge in [0.1, 0.15) is 0 Å². The highest BCUT2D eigenvalue weighted by atomic mass is 19.1. The first-order valence-electron chi connectivity index (χ1n) is 8.86. The second-order valence-electron chi connectivity index (χ2n) is 6.97. The Hall–Kier alpha value is -1.85. The lowest BCUT2D eigenvalue weighted by Crippen LogP contribution is -2.48. The van der Waals surface area contributed by atoms with Gasteiger partial charge in [0.2, 0.25) is 0 Å². The van der Waals surface area contributed by atoms with Crippen LogP contribution in [0.5, 0.6) is 5.75 Å². The van der Waals surface area contributed by atoms with Gasteiger partial charge in [0.15, 0.2) is 11.6 Å². The fourth-order valence-corrected chi connectivity index (χ4v) is 4.34. The van der Waals surface area contributed by atoms with Crippen LogP contribution in [0.25, 0.3) is 0 Å². The largest absolute Gasteiger partial charge is 0.494 e. The Balaban J connectivity index is 1.56. The van der Waals surface area contributed by atoms with E-state index in [1.807, 2.05) is 0 Å². The smallest absolute Gasteiger partial charge is 0.315 e. The quantitative estimate of drug-likeness (QED) is 0.885. The molecule has 1 spiro atoms. The van der Waals surface area contributed by atoms with Crippen LogP contribution in [-0.4, -0.2) is 24.2 Å². The number of amides is 2. The monoisotopic (exact) mass is 335 g/mol. The summed E-state index contributed by atoms with van der Waals surface area (Å²) in [4.78, 5) is 16.2. The van der Waals surface area contributed by atoms with E-state index >= 15 is 0 Å². The summed E-state index contributed by atoms with van der Waals surface area (Å²) in [6.45, 7) is 0.0502. The van der Waals surface area contributed by atoms with Gasteiger partial charge in [-0.25, -0.2) is 9.18 Å². The van der Waals surface area contributed by atoms with E-state index in [1.165, 1.54) is 64.3 Å². The molecule has 0 saturated heterocycles. The topological polar surface area (TPSA) is 63.2 Å². The van der Waals surface area contributed by atoms with E-state index < -0.39 is 5.82 Å². The summed E-state index contributed by atoms with van der Waals surface area (Å²) in [6.07, 6.45) is 11.2. The standard InChI is InChI=1S/C18H26FN3O2/c1-24-14-7-11-20-13(16(14)19)12-21-17(23)22-15-6-5-10-18(15)8-3-2-4-9-18/h7,11,15H,2-6,8-10,12H2,1H3,(H2,21,22,23)/t15-/m0/s1. The van der Waals surface area contributed by atoms with Crippen molar-refractivity contribution < 1.29 is 13.9 Å². The van der Waals surface area contributed by atoms with Crippen molar-refractivity contribution in [1.29, 1.82) is 0 Å². The van der Waals surface area contributed by atoms with Gasteiger partial charge in [0.05, 0.1) is 19.3 Å². The van der Waals surface area contributed by atoms with E-state index in [1.54, 1.807) is 0 Å². The van der Waals surface area contributed by atoms with E-state index in [9.17, 15) is 9.18 Å². The van der Waals surface area contributed by atoms with Crippen LogP contribution in [0.3, 0.4) is 0 Å². The average Bonchev–Trinajstić information content (AvgIpc) is 2.96. The van der Waals surface area contributed by atoms with Crippen LogP contribution in [0.2, 0.25) is 0 Å². The molecule has 0 radical (unpaired) electrons. The van der Waals surface area contributed by atoms with Crippen LogP contribution >= 0.6 is 0 Å². The summed E-state index contributed by atoms with van der Waals surface area (Å²) >= 11 is 0. The number of methoxy groups -OCH3 is 1. The molecule has 132 valence electrons. The summed E-state index contributed by atoms with van der Waals surface area (Å²) < 4.78 is 19.0. The van der Waals surface area contributed by atoms with Gasteiger partial charge in [0, 0.05) is 18.3 Å². The zero-order chi connectivity index (χ0) is 17.0. The van der Waals surface area contributed by atoms with Crippen molar-refractivity contribution in [3.63, 3.8) is 0 Å².